The van der Waals surface area contributed by atoms with E-state index in [1.807, 2.05) is 0 Å². The first-order valence-corrected chi connectivity index (χ1v) is 9.09. The van der Waals surface area contributed by atoms with Crippen molar-refractivity contribution >= 4 is 5.97 Å². The van der Waals surface area contributed by atoms with Gasteiger partial charge in [-0.15, -0.1) is 0 Å². The van der Waals surface area contributed by atoms with Crippen LogP contribution >= 0.6 is 0 Å². The summed E-state index contributed by atoms with van der Waals surface area (Å²) in [6.45, 7) is 2.21. The summed E-state index contributed by atoms with van der Waals surface area (Å²) in [5.74, 6) is -3.65. The van der Waals surface area contributed by atoms with Crippen molar-refractivity contribution in [2.24, 2.45) is 0 Å². The van der Waals surface area contributed by atoms with E-state index in [4.69, 9.17) is 0 Å². The minimum absolute atomic E-state index is 0.0671. The molecule has 0 aromatic heterocycles. The SMILES string of the molecule is CCCCCCCCCCCCC(O)(O)C(C(=O)[O-])[N+](C)(C)C. The van der Waals surface area contributed by atoms with E-state index in [9.17, 15) is 20.1 Å². The van der Waals surface area contributed by atoms with Crippen LogP contribution in [0.4, 0.5) is 0 Å². The van der Waals surface area contributed by atoms with Gasteiger partial charge in [0.25, 0.3) is 0 Å². The number of hydrogen-bond donors (Lipinski definition) is 2. The fraction of sp³-hybridized carbons (Fsp3) is 0.944. The molecule has 1 unspecified atom stereocenters. The molecule has 0 fully saturated rings. The molecule has 0 saturated carbocycles. The normalized spacial score (nSPS) is 14.0. The zero-order chi connectivity index (χ0) is 17.9. The number of nitrogens with zero attached hydrogens (tertiary/aromatic N) is 1. The summed E-state index contributed by atoms with van der Waals surface area (Å²) in [5.41, 5.74) is 0. The average molecular weight is 331 g/mol. The minimum atomic E-state index is -2.22. The Labute approximate surface area is 141 Å². The van der Waals surface area contributed by atoms with Crippen LogP contribution in [0.3, 0.4) is 0 Å². The maximum Gasteiger partial charge on any atom is 0.222 e. The Morgan fingerprint density at radius 1 is 0.913 bits per heavy atom. The highest BCUT2D eigenvalue weighted by atomic mass is 16.5. The van der Waals surface area contributed by atoms with Crippen molar-refractivity contribution in [2.75, 3.05) is 21.1 Å². The Morgan fingerprint density at radius 2 is 1.30 bits per heavy atom. The molecule has 138 valence electrons. The van der Waals surface area contributed by atoms with Crippen LogP contribution < -0.4 is 5.11 Å². The number of quaternary nitrogens is 1. The van der Waals surface area contributed by atoms with Crippen molar-refractivity contribution in [1.29, 1.82) is 0 Å². The van der Waals surface area contributed by atoms with Gasteiger partial charge in [-0.05, 0) is 6.42 Å². The topological polar surface area (TPSA) is 80.6 Å². The van der Waals surface area contributed by atoms with Gasteiger partial charge in [-0.3, -0.25) is 0 Å². The second-order valence-electron chi connectivity index (χ2n) is 7.65. The molecule has 0 amide bonds. The first kappa shape index (κ1) is 22.4. The number of hydrogen-bond acceptors (Lipinski definition) is 4. The molecule has 2 N–H and O–H groups in total. The van der Waals surface area contributed by atoms with E-state index in [-0.39, 0.29) is 10.9 Å². The number of likely N-dealkylation sites (N-methyl/N-ethyl adjacent to an activating group) is 1. The van der Waals surface area contributed by atoms with Crippen LogP contribution in [0, 0.1) is 0 Å². The van der Waals surface area contributed by atoms with Crippen LogP contribution in [-0.2, 0) is 4.79 Å². The van der Waals surface area contributed by atoms with E-state index < -0.39 is 17.8 Å². The predicted molar refractivity (Wildman–Crippen MR) is 90.5 cm³/mol. The third-order valence-corrected chi connectivity index (χ3v) is 4.33. The van der Waals surface area contributed by atoms with Gasteiger partial charge in [-0.25, -0.2) is 0 Å². The molecule has 23 heavy (non-hydrogen) atoms. The fourth-order valence-electron chi connectivity index (χ4n) is 3.13. The third-order valence-electron chi connectivity index (χ3n) is 4.33. The largest absolute Gasteiger partial charge is 0.544 e. The van der Waals surface area contributed by atoms with E-state index in [0.29, 0.717) is 6.42 Å². The van der Waals surface area contributed by atoms with Crippen molar-refractivity contribution in [2.45, 2.75) is 89.4 Å². The Kier molecular flexibility index (Phi) is 10.7. The Balaban J connectivity index is 3.91. The molecular formula is C18H37NO4. The molecule has 0 aliphatic heterocycles. The number of aliphatic carboxylic acids is 1. The van der Waals surface area contributed by atoms with Gasteiger partial charge >= 0.3 is 0 Å². The summed E-state index contributed by atoms with van der Waals surface area (Å²) >= 11 is 0. The molecule has 0 heterocycles. The number of unbranched alkanes of at least 4 members (excludes halogenated alkanes) is 9. The molecule has 5 nitrogen and oxygen atoms in total. The van der Waals surface area contributed by atoms with Gasteiger partial charge in [-0.2, -0.15) is 0 Å². The highest BCUT2D eigenvalue weighted by Crippen LogP contribution is 2.23. The number of carboxylic acid groups (broad SMARTS) is 1. The van der Waals surface area contributed by atoms with Crippen LogP contribution in [-0.4, -0.2) is 53.6 Å². The lowest BCUT2D eigenvalue weighted by Crippen LogP contribution is -2.66. The number of carbonyl (C=O) groups excluding carboxylic acids is 1. The van der Waals surface area contributed by atoms with Crippen LogP contribution in [0.25, 0.3) is 0 Å². The number of rotatable bonds is 14. The lowest BCUT2D eigenvalue weighted by molar-refractivity contribution is -0.901. The Morgan fingerprint density at radius 3 is 1.65 bits per heavy atom. The molecule has 0 aromatic rings. The van der Waals surface area contributed by atoms with Gasteiger partial charge in [0.15, 0.2) is 6.04 Å². The van der Waals surface area contributed by atoms with Gasteiger partial charge in [0, 0.05) is 6.42 Å². The highest BCUT2D eigenvalue weighted by Gasteiger charge is 2.44. The van der Waals surface area contributed by atoms with E-state index in [0.717, 1.165) is 19.3 Å². The first-order chi connectivity index (χ1) is 10.6. The molecule has 1 atom stereocenters. The van der Waals surface area contributed by atoms with E-state index >= 15 is 0 Å². The molecule has 0 saturated heterocycles. The third kappa shape index (κ3) is 9.95. The number of carboxylic acids is 1. The standard InChI is InChI=1S/C18H37NO4/c1-5-6-7-8-9-10-11-12-13-14-15-18(22,23)16(17(20)21)19(2,3)4/h16,22-23H,5-15H2,1-4H3. The molecular weight excluding hydrogens is 294 g/mol. The highest BCUT2D eigenvalue weighted by molar-refractivity contribution is 5.71. The molecule has 0 spiro atoms. The van der Waals surface area contributed by atoms with Crippen LogP contribution in [0.2, 0.25) is 0 Å². The summed E-state index contributed by atoms with van der Waals surface area (Å²) in [6.07, 6.45) is 11.5. The molecule has 0 bridgehead atoms. The summed E-state index contributed by atoms with van der Waals surface area (Å²) in [5, 5.41) is 31.5. The van der Waals surface area contributed by atoms with Gasteiger partial charge in [0.05, 0.1) is 21.1 Å². The molecule has 0 radical (unpaired) electrons. The average Bonchev–Trinajstić information content (AvgIpc) is 2.38. The monoisotopic (exact) mass is 331 g/mol. The maximum absolute atomic E-state index is 11.2. The summed E-state index contributed by atoms with van der Waals surface area (Å²) in [6, 6.07) is -1.35. The maximum atomic E-state index is 11.2. The molecule has 0 rings (SSSR count). The van der Waals surface area contributed by atoms with Crippen LogP contribution in [0.1, 0.15) is 77.6 Å². The van der Waals surface area contributed by atoms with E-state index in [2.05, 4.69) is 6.92 Å². The van der Waals surface area contributed by atoms with Crippen LogP contribution in [0.5, 0.6) is 0 Å². The Bertz CT molecular complexity index is 323. The van der Waals surface area contributed by atoms with Crippen molar-refractivity contribution in [3.8, 4) is 0 Å². The van der Waals surface area contributed by atoms with Crippen molar-refractivity contribution in [3.63, 3.8) is 0 Å². The van der Waals surface area contributed by atoms with E-state index in [1.165, 1.54) is 38.5 Å². The number of aliphatic hydroxyl groups is 2. The molecule has 0 aliphatic rings. The molecule has 0 aromatic carbocycles. The lowest BCUT2D eigenvalue weighted by atomic mass is 9.97. The number of carbonyl (C=O) groups is 1. The zero-order valence-electron chi connectivity index (χ0n) is 15.5. The van der Waals surface area contributed by atoms with Crippen LogP contribution in [0.15, 0.2) is 0 Å². The quantitative estimate of drug-likeness (QED) is 0.289. The van der Waals surface area contributed by atoms with Crippen molar-refractivity contribution in [3.05, 3.63) is 0 Å². The second-order valence-corrected chi connectivity index (χ2v) is 7.65. The fourth-order valence-corrected chi connectivity index (χ4v) is 3.13. The Hall–Kier alpha value is -0.650. The summed E-state index contributed by atoms with van der Waals surface area (Å²) < 4.78 is -0.0763. The second kappa shape index (κ2) is 11.0. The summed E-state index contributed by atoms with van der Waals surface area (Å²) in [4.78, 5) is 11.2. The molecule has 0 aliphatic carbocycles. The minimum Gasteiger partial charge on any atom is -0.544 e. The zero-order valence-corrected chi connectivity index (χ0v) is 15.5. The predicted octanol–water partition coefficient (Wildman–Crippen LogP) is 1.80. The van der Waals surface area contributed by atoms with Gasteiger partial charge in [0.1, 0.15) is 5.97 Å². The van der Waals surface area contributed by atoms with Gasteiger partial charge in [0.2, 0.25) is 5.79 Å². The smallest absolute Gasteiger partial charge is 0.222 e. The van der Waals surface area contributed by atoms with E-state index in [1.54, 1.807) is 21.1 Å². The van der Waals surface area contributed by atoms with Gasteiger partial charge in [-0.1, -0.05) is 64.7 Å². The summed E-state index contributed by atoms with van der Waals surface area (Å²) in [7, 11) is 4.88. The van der Waals surface area contributed by atoms with Gasteiger partial charge < -0.3 is 24.6 Å². The van der Waals surface area contributed by atoms with Crippen molar-refractivity contribution < 1.29 is 24.6 Å². The first-order valence-electron chi connectivity index (χ1n) is 9.09. The lowest BCUT2D eigenvalue weighted by Gasteiger charge is -2.41. The van der Waals surface area contributed by atoms with Crippen molar-refractivity contribution in [1.82, 2.24) is 0 Å². The molecule has 5 heteroatoms.